The molecule has 0 N–H and O–H groups in total. The number of amides is 4. The number of imide groups is 2. The zero-order valence-corrected chi connectivity index (χ0v) is 8.17. The van der Waals surface area contributed by atoms with Crippen LogP contribution in [0.25, 0.3) is 0 Å². The Morgan fingerprint density at radius 1 is 0.875 bits per heavy atom. The van der Waals surface area contributed by atoms with E-state index < -0.39 is 28.4 Å². The number of quaternary nitrogens is 1. The van der Waals surface area contributed by atoms with E-state index in [2.05, 4.69) is 4.94 Å². The lowest BCUT2D eigenvalue weighted by Gasteiger charge is -2.17. The minimum Gasteiger partial charge on any atom is -0.272 e. The molecule has 0 aliphatic carbocycles. The monoisotopic (exact) mass is 228 g/mol. The van der Waals surface area contributed by atoms with Gasteiger partial charge in [-0.15, -0.1) is 0 Å². The fourth-order valence-electron chi connectivity index (χ4n) is 1.50. The molecule has 0 saturated carbocycles. The molecule has 8 nitrogen and oxygen atoms in total. The van der Waals surface area contributed by atoms with Crippen LogP contribution in [0.4, 0.5) is 0 Å². The van der Waals surface area contributed by atoms with Gasteiger partial charge in [0.1, 0.15) is 0 Å². The molecule has 0 aromatic rings. The Labute approximate surface area is 89.4 Å². The first-order valence-electron chi connectivity index (χ1n) is 4.67. The van der Waals surface area contributed by atoms with Crippen LogP contribution in [0.2, 0.25) is 0 Å². The molecule has 2 rings (SSSR count). The molecule has 16 heavy (non-hydrogen) atoms. The van der Waals surface area contributed by atoms with Gasteiger partial charge in [0.25, 0.3) is 11.8 Å². The lowest BCUT2D eigenvalue weighted by Crippen LogP contribution is -2.53. The van der Waals surface area contributed by atoms with E-state index >= 15 is 0 Å². The van der Waals surface area contributed by atoms with E-state index in [4.69, 9.17) is 0 Å². The molecule has 2 aliphatic rings. The predicted octanol–water partition coefficient (Wildman–Crippen LogP) is -1.01. The van der Waals surface area contributed by atoms with Gasteiger partial charge in [-0.3, -0.25) is 9.59 Å². The van der Waals surface area contributed by atoms with Crippen molar-refractivity contribution >= 4 is 23.6 Å². The molecule has 2 saturated heterocycles. The first-order chi connectivity index (χ1) is 7.45. The Hall–Kier alpha value is -1.64. The highest BCUT2D eigenvalue weighted by Gasteiger charge is 2.59. The minimum atomic E-state index is -2.20. The van der Waals surface area contributed by atoms with Gasteiger partial charge in [0.05, 0.1) is 18.0 Å². The van der Waals surface area contributed by atoms with E-state index in [0.717, 1.165) is 0 Å². The summed E-state index contributed by atoms with van der Waals surface area (Å²) in [5.41, 5.74) is 0. The summed E-state index contributed by atoms with van der Waals surface area (Å²) in [5, 5.41) is 11.9. The average Bonchev–Trinajstić information content (AvgIpc) is 2.67. The Balaban J connectivity index is 2.20. The van der Waals surface area contributed by atoms with E-state index in [1.165, 1.54) is 0 Å². The van der Waals surface area contributed by atoms with Crippen LogP contribution in [0.5, 0.6) is 0 Å². The molecular formula is C8H8N2O6+. The Kier molecular flexibility index (Phi) is 2.34. The number of carbonyl (C=O) groups is 4. The van der Waals surface area contributed by atoms with E-state index in [1.807, 2.05) is 0 Å². The number of nitrogens with zero attached hydrogens (tertiary/aromatic N) is 2. The maximum atomic E-state index is 11.7. The van der Waals surface area contributed by atoms with Crippen LogP contribution in [-0.4, -0.2) is 33.5 Å². The van der Waals surface area contributed by atoms with Crippen molar-refractivity contribution in [2.24, 2.45) is 0 Å². The molecule has 0 atom stereocenters. The van der Waals surface area contributed by atoms with Crippen molar-refractivity contribution < 1.29 is 34.1 Å². The van der Waals surface area contributed by atoms with Crippen molar-refractivity contribution in [1.82, 2.24) is 5.06 Å². The Bertz CT molecular complexity index is 371. The van der Waals surface area contributed by atoms with E-state index in [9.17, 15) is 24.4 Å². The molecule has 85 valence electrons. The van der Waals surface area contributed by atoms with Crippen molar-refractivity contribution in [1.29, 1.82) is 0 Å². The number of rotatable bonds is 2. The fraction of sp³-hybridized carbons (Fsp3) is 0.500. The highest BCUT2D eigenvalue weighted by Crippen LogP contribution is 2.25. The highest BCUT2D eigenvalue weighted by atomic mass is 17.0. The van der Waals surface area contributed by atoms with Gasteiger partial charge >= 0.3 is 11.8 Å². The zero-order valence-electron chi connectivity index (χ0n) is 8.17. The summed E-state index contributed by atoms with van der Waals surface area (Å²) in [4.78, 5) is 46.8. The van der Waals surface area contributed by atoms with Gasteiger partial charge in [0, 0.05) is 12.8 Å². The first kappa shape index (κ1) is 10.9. The second-order valence-electron chi connectivity index (χ2n) is 3.50. The van der Waals surface area contributed by atoms with E-state index in [-0.39, 0.29) is 30.7 Å². The average molecular weight is 228 g/mol. The predicted molar refractivity (Wildman–Crippen MR) is 42.4 cm³/mol. The quantitative estimate of drug-likeness (QED) is 0.445. The van der Waals surface area contributed by atoms with Crippen LogP contribution in [0.1, 0.15) is 25.7 Å². The Morgan fingerprint density at radius 2 is 1.31 bits per heavy atom. The molecule has 2 fully saturated rings. The number of hydrogen-bond acceptors (Lipinski definition) is 5. The minimum absolute atomic E-state index is 0.0821. The van der Waals surface area contributed by atoms with Gasteiger partial charge in [-0.1, -0.05) is 5.06 Å². The maximum Gasteiger partial charge on any atom is 0.393 e. The molecule has 8 heteroatoms. The lowest BCUT2D eigenvalue weighted by atomic mass is 10.4. The molecule has 0 aromatic heterocycles. The summed E-state index contributed by atoms with van der Waals surface area (Å²) in [6.07, 6.45) is -0.639. The second kappa shape index (κ2) is 3.44. The van der Waals surface area contributed by atoms with Crippen LogP contribution in [0, 0.1) is 0 Å². The van der Waals surface area contributed by atoms with Crippen molar-refractivity contribution in [2.75, 3.05) is 0 Å². The first-order valence-corrected chi connectivity index (χ1v) is 4.67. The zero-order chi connectivity index (χ0) is 11.9. The summed E-state index contributed by atoms with van der Waals surface area (Å²) >= 11 is 0. The summed E-state index contributed by atoms with van der Waals surface area (Å²) < 4.78 is 0. The largest absolute Gasteiger partial charge is 0.393 e. The molecule has 1 radical (unpaired) electrons. The molecule has 4 amide bonds. The van der Waals surface area contributed by atoms with Gasteiger partial charge < -0.3 is 0 Å². The maximum absolute atomic E-state index is 11.7. The number of carbonyl (C=O) groups excluding carboxylic acids is 4. The smallest absolute Gasteiger partial charge is 0.272 e. The normalized spacial score (nSPS) is 24.7. The van der Waals surface area contributed by atoms with Gasteiger partial charge in [-0.25, -0.2) is 9.59 Å². The van der Waals surface area contributed by atoms with Gasteiger partial charge in [0.2, 0.25) is 0 Å². The molecule has 0 unspecified atom stereocenters. The third-order valence-corrected chi connectivity index (χ3v) is 2.41. The number of hydrogen-bond donors (Lipinski definition) is 0. The van der Waals surface area contributed by atoms with Gasteiger partial charge in [-0.05, 0) is 4.94 Å². The van der Waals surface area contributed by atoms with Gasteiger partial charge in [0.15, 0.2) is 4.81 Å². The molecule has 2 heterocycles. The number of hydroxylamine groups is 6. The molecular weight excluding hydrogens is 220 g/mol. The summed E-state index contributed by atoms with van der Waals surface area (Å²) in [6.45, 7) is 0. The van der Waals surface area contributed by atoms with Crippen molar-refractivity contribution in [2.45, 2.75) is 25.7 Å². The summed E-state index contributed by atoms with van der Waals surface area (Å²) in [5.74, 6) is -3.44. The lowest BCUT2D eigenvalue weighted by molar-refractivity contribution is -1.17. The topological polar surface area (TPSA) is 101 Å². The third-order valence-electron chi connectivity index (χ3n) is 2.41. The Morgan fingerprint density at radius 3 is 1.75 bits per heavy atom. The SMILES string of the molecule is [O][N+]1(ON2C(=O)CCC2=O)C(=O)CCC1=O. The molecule has 2 aliphatic heterocycles. The van der Waals surface area contributed by atoms with Crippen LogP contribution < -0.4 is 0 Å². The van der Waals surface area contributed by atoms with Crippen LogP contribution >= 0.6 is 0 Å². The van der Waals surface area contributed by atoms with Crippen LogP contribution in [-0.2, 0) is 29.3 Å². The van der Waals surface area contributed by atoms with Crippen molar-refractivity contribution in [3.8, 4) is 0 Å². The highest BCUT2D eigenvalue weighted by molar-refractivity contribution is 6.00. The van der Waals surface area contributed by atoms with Crippen molar-refractivity contribution in [3.63, 3.8) is 0 Å². The standard InChI is InChI=1S/C8H8N2O6/c11-5-1-2-6(12)9(5)16-10(15)7(13)3-4-8(10)14/h1-4H2/q+1. The molecule has 0 spiro atoms. The second-order valence-corrected chi connectivity index (χ2v) is 3.50. The fourth-order valence-corrected chi connectivity index (χ4v) is 1.50. The van der Waals surface area contributed by atoms with Crippen LogP contribution in [0.3, 0.4) is 0 Å². The van der Waals surface area contributed by atoms with Crippen molar-refractivity contribution in [3.05, 3.63) is 0 Å². The molecule has 0 aromatic carbocycles. The third kappa shape index (κ3) is 1.43. The summed E-state index contributed by atoms with van der Waals surface area (Å²) in [7, 11) is 0. The van der Waals surface area contributed by atoms with Crippen LogP contribution in [0.15, 0.2) is 0 Å². The van der Waals surface area contributed by atoms with E-state index in [0.29, 0.717) is 0 Å². The summed E-state index contributed by atoms with van der Waals surface area (Å²) in [6, 6.07) is 0. The molecule has 0 bridgehead atoms. The van der Waals surface area contributed by atoms with Gasteiger partial charge in [-0.2, -0.15) is 0 Å². The van der Waals surface area contributed by atoms with E-state index in [1.54, 1.807) is 0 Å².